The van der Waals surface area contributed by atoms with Crippen LogP contribution in [0.5, 0.6) is 0 Å². The zero-order chi connectivity index (χ0) is 28.8. The highest BCUT2D eigenvalue weighted by Gasteiger charge is 2.19. The van der Waals surface area contributed by atoms with E-state index < -0.39 is 6.04 Å². The Morgan fingerprint density at radius 2 is 0.897 bits per heavy atom. The minimum absolute atomic E-state index is 0.0232. The summed E-state index contributed by atoms with van der Waals surface area (Å²) in [5.74, 6) is 0.148. The molecule has 0 spiro atoms. The molecule has 0 aliphatic carbocycles. The monoisotopic (exact) mass is 552 g/mol. The lowest BCUT2D eigenvalue weighted by Gasteiger charge is -2.19. The first kappa shape index (κ1) is 37.9. The quantitative estimate of drug-likeness (QED) is 0.0713. The maximum atomic E-state index is 12.6. The molecule has 0 heterocycles. The smallest absolute Gasteiger partial charge is 0.328 e. The molecule has 1 amide bonds. The molecular formula is C35H69NO3. The van der Waals surface area contributed by atoms with Crippen molar-refractivity contribution in [3.05, 3.63) is 0 Å². The van der Waals surface area contributed by atoms with Crippen LogP contribution < -0.4 is 5.32 Å². The van der Waals surface area contributed by atoms with Gasteiger partial charge in [0.25, 0.3) is 0 Å². The molecule has 39 heavy (non-hydrogen) atoms. The molecular weight excluding hydrogens is 482 g/mol. The van der Waals surface area contributed by atoms with Gasteiger partial charge in [-0.2, -0.15) is 0 Å². The summed E-state index contributed by atoms with van der Waals surface area (Å²) in [6, 6.07) is -0.561. The van der Waals surface area contributed by atoms with Crippen molar-refractivity contribution in [2.24, 2.45) is 5.92 Å². The van der Waals surface area contributed by atoms with E-state index in [1.54, 1.807) is 6.92 Å². The van der Waals surface area contributed by atoms with Crippen molar-refractivity contribution in [1.82, 2.24) is 5.32 Å². The van der Waals surface area contributed by atoms with E-state index in [1.807, 2.05) is 0 Å². The third-order valence-electron chi connectivity index (χ3n) is 8.13. The molecule has 0 aliphatic rings. The third kappa shape index (κ3) is 26.9. The fourth-order valence-corrected chi connectivity index (χ4v) is 5.39. The van der Waals surface area contributed by atoms with Gasteiger partial charge in [-0.1, -0.05) is 162 Å². The van der Waals surface area contributed by atoms with Crippen LogP contribution in [0.15, 0.2) is 0 Å². The van der Waals surface area contributed by atoms with Crippen LogP contribution in [0.3, 0.4) is 0 Å². The third-order valence-corrected chi connectivity index (χ3v) is 8.13. The Bertz CT molecular complexity index is 536. The summed E-state index contributed by atoms with van der Waals surface area (Å²) < 4.78 is 5.73. The van der Waals surface area contributed by atoms with Gasteiger partial charge >= 0.3 is 5.97 Å². The zero-order valence-corrected chi connectivity index (χ0v) is 27.0. The van der Waals surface area contributed by atoms with E-state index in [-0.39, 0.29) is 11.9 Å². The first-order chi connectivity index (χ1) is 19.0. The van der Waals surface area contributed by atoms with Gasteiger partial charge < -0.3 is 10.1 Å². The molecule has 4 heteroatoms. The Morgan fingerprint density at radius 3 is 1.31 bits per heavy atom. The number of hydrogen-bond donors (Lipinski definition) is 1. The van der Waals surface area contributed by atoms with Crippen molar-refractivity contribution in [2.45, 2.75) is 201 Å². The molecule has 0 aromatic carbocycles. The average molecular weight is 552 g/mol. The number of carbonyl (C=O) groups excluding carboxylic acids is 2. The lowest BCUT2D eigenvalue weighted by atomic mass is 9.94. The molecule has 0 aromatic heterocycles. The molecule has 1 N–H and O–H groups in total. The van der Waals surface area contributed by atoms with Crippen LogP contribution >= 0.6 is 0 Å². The van der Waals surface area contributed by atoms with Gasteiger partial charge in [0, 0.05) is 6.42 Å². The van der Waals surface area contributed by atoms with Gasteiger partial charge in [-0.05, 0) is 32.1 Å². The molecule has 0 fully saturated rings. The molecule has 232 valence electrons. The molecule has 0 rings (SSSR count). The van der Waals surface area contributed by atoms with Crippen LogP contribution in [0.2, 0.25) is 0 Å². The molecule has 2 unspecified atom stereocenters. The molecule has 4 nitrogen and oxygen atoms in total. The summed E-state index contributed by atoms with van der Waals surface area (Å²) >= 11 is 0. The van der Waals surface area contributed by atoms with Gasteiger partial charge in [0.15, 0.2) is 0 Å². The zero-order valence-electron chi connectivity index (χ0n) is 27.0. The van der Waals surface area contributed by atoms with Gasteiger partial charge in [0.2, 0.25) is 5.91 Å². The van der Waals surface area contributed by atoms with Gasteiger partial charge in [0.05, 0.1) is 6.61 Å². The highest BCUT2D eigenvalue weighted by molar-refractivity contribution is 5.84. The fourth-order valence-electron chi connectivity index (χ4n) is 5.39. The van der Waals surface area contributed by atoms with Gasteiger partial charge in [-0.15, -0.1) is 0 Å². The highest BCUT2D eigenvalue weighted by atomic mass is 16.5. The average Bonchev–Trinajstić information content (AvgIpc) is 2.93. The fraction of sp³-hybridized carbons (Fsp3) is 0.943. The van der Waals surface area contributed by atoms with Crippen LogP contribution in [0.25, 0.3) is 0 Å². The van der Waals surface area contributed by atoms with Crippen molar-refractivity contribution >= 4 is 11.9 Å². The molecule has 0 saturated heterocycles. The number of esters is 1. The van der Waals surface area contributed by atoms with Crippen LogP contribution in [0.4, 0.5) is 0 Å². The van der Waals surface area contributed by atoms with Crippen molar-refractivity contribution in [3.63, 3.8) is 0 Å². The SMILES string of the molecule is CCCCCCCCCCCC(=O)NC(C)C(=O)OCC(CCCCCCCC)CCCCCCCCCC. The summed E-state index contributed by atoms with van der Waals surface area (Å²) in [7, 11) is 0. The number of carbonyl (C=O) groups is 2. The Labute approximate surface area is 244 Å². The number of ether oxygens (including phenoxy) is 1. The van der Waals surface area contributed by atoms with E-state index in [2.05, 4.69) is 26.1 Å². The van der Waals surface area contributed by atoms with E-state index in [0.717, 1.165) is 25.7 Å². The lowest BCUT2D eigenvalue weighted by Crippen LogP contribution is -2.40. The number of unbranched alkanes of at least 4 members (excludes halogenated alkanes) is 20. The summed E-state index contributed by atoms with van der Waals surface area (Å²) in [5, 5.41) is 2.87. The van der Waals surface area contributed by atoms with Crippen molar-refractivity contribution < 1.29 is 14.3 Å². The van der Waals surface area contributed by atoms with Gasteiger partial charge in [-0.3, -0.25) is 4.79 Å². The topological polar surface area (TPSA) is 55.4 Å². The van der Waals surface area contributed by atoms with Crippen LogP contribution in [-0.2, 0) is 14.3 Å². The second-order valence-electron chi connectivity index (χ2n) is 12.2. The second-order valence-corrected chi connectivity index (χ2v) is 12.2. The van der Waals surface area contributed by atoms with Crippen molar-refractivity contribution in [3.8, 4) is 0 Å². The largest absolute Gasteiger partial charge is 0.464 e. The highest BCUT2D eigenvalue weighted by Crippen LogP contribution is 2.20. The lowest BCUT2D eigenvalue weighted by molar-refractivity contribution is -0.148. The molecule has 0 aliphatic heterocycles. The Hall–Kier alpha value is -1.06. The predicted molar refractivity (Wildman–Crippen MR) is 169 cm³/mol. The van der Waals surface area contributed by atoms with Gasteiger partial charge in [-0.25, -0.2) is 4.79 Å². The summed E-state index contributed by atoms with van der Waals surface area (Å²) in [6.07, 6.45) is 32.3. The summed E-state index contributed by atoms with van der Waals surface area (Å²) in [5.41, 5.74) is 0. The number of amides is 1. The van der Waals surface area contributed by atoms with E-state index in [0.29, 0.717) is 18.9 Å². The minimum Gasteiger partial charge on any atom is -0.464 e. The molecule has 0 aromatic rings. The van der Waals surface area contributed by atoms with Crippen LogP contribution in [0.1, 0.15) is 195 Å². The number of nitrogens with one attached hydrogen (secondary N) is 1. The molecule has 0 bridgehead atoms. The molecule has 0 saturated carbocycles. The molecule has 0 radical (unpaired) electrons. The first-order valence-electron chi connectivity index (χ1n) is 17.5. The summed E-state index contributed by atoms with van der Waals surface area (Å²) in [6.45, 7) is 9.04. The summed E-state index contributed by atoms with van der Waals surface area (Å²) in [4.78, 5) is 24.9. The Morgan fingerprint density at radius 1 is 0.538 bits per heavy atom. The first-order valence-corrected chi connectivity index (χ1v) is 17.5. The Kier molecular flexibility index (Phi) is 29.1. The van der Waals surface area contributed by atoms with E-state index >= 15 is 0 Å². The maximum Gasteiger partial charge on any atom is 0.328 e. The number of hydrogen-bond acceptors (Lipinski definition) is 3. The maximum absolute atomic E-state index is 12.6. The normalized spacial score (nSPS) is 12.8. The van der Waals surface area contributed by atoms with Crippen LogP contribution in [0, 0.1) is 5.92 Å². The van der Waals surface area contributed by atoms with E-state index in [4.69, 9.17) is 4.74 Å². The van der Waals surface area contributed by atoms with E-state index in [9.17, 15) is 9.59 Å². The predicted octanol–water partition coefficient (Wildman–Crippen LogP) is 10.9. The van der Waals surface area contributed by atoms with E-state index in [1.165, 1.54) is 135 Å². The Balaban J connectivity index is 4.18. The minimum atomic E-state index is -0.561. The standard InChI is InChI=1S/C35H69NO3/c1-5-8-11-14-17-19-21-24-27-30-34(37)36-32(4)35(38)39-31-33(28-25-22-16-13-10-7-3)29-26-23-20-18-15-12-9-6-2/h32-33H,5-31H2,1-4H3,(H,36,37). The van der Waals surface area contributed by atoms with Crippen LogP contribution in [-0.4, -0.2) is 24.5 Å². The van der Waals surface area contributed by atoms with Crippen molar-refractivity contribution in [1.29, 1.82) is 0 Å². The second kappa shape index (κ2) is 29.9. The molecule has 2 atom stereocenters. The van der Waals surface area contributed by atoms with Crippen molar-refractivity contribution in [2.75, 3.05) is 6.61 Å². The number of rotatable bonds is 30. The van der Waals surface area contributed by atoms with Gasteiger partial charge in [0.1, 0.15) is 6.04 Å².